The summed E-state index contributed by atoms with van der Waals surface area (Å²) in [7, 11) is 0. The summed E-state index contributed by atoms with van der Waals surface area (Å²) in [6, 6.07) is 0. The molecule has 0 spiro atoms. The molecule has 0 aliphatic carbocycles. The van der Waals surface area contributed by atoms with Gasteiger partial charge in [0, 0.05) is 6.42 Å². The Morgan fingerprint density at radius 3 is 2.42 bits per heavy atom. The number of rotatable bonds is 0. The third kappa shape index (κ3) is 1.70. The first-order valence-corrected chi connectivity index (χ1v) is 3.40. The molecule has 3 nitrogen and oxygen atoms in total. The Bertz CT molecular complexity index is 170. The Labute approximate surface area is 67.1 Å². The van der Waals surface area contributed by atoms with E-state index in [1.54, 1.807) is 0 Å². The van der Waals surface area contributed by atoms with Crippen LogP contribution in [-0.4, -0.2) is 30.0 Å². The van der Waals surface area contributed by atoms with Crippen LogP contribution >= 0.6 is 0 Å². The van der Waals surface area contributed by atoms with Gasteiger partial charge in [-0.05, 0) is 6.92 Å². The Morgan fingerprint density at radius 2 is 2.08 bits per heavy atom. The monoisotopic (exact) mass is 186 g/mol. The van der Waals surface area contributed by atoms with Crippen molar-refractivity contribution in [3.05, 3.63) is 0 Å². The largest absolute Gasteiger partial charge is 0.443 e. The van der Waals surface area contributed by atoms with E-state index in [1.807, 2.05) is 0 Å². The lowest BCUT2D eigenvalue weighted by Gasteiger charge is -2.36. The number of ether oxygens (including phenoxy) is 2. The lowest BCUT2D eigenvalue weighted by molar-refractivity contribution is -0.411. The summed E-state index contributed by atoms with van der Waals surface area (Å²) >= 11 is 0. The maximum Gasteiger partial charge on any atom is 0.443 e. The second kappa shape index (κ2) is 2.86. The van der Waals surface area contributed by atoms with Gasteiger partial charge in [-0.2, -0.15) is 13.2 Å². The normalized spacial score (nSPS) is 38.2. The van der Waals surface area contributed by atoms with Gasteiger partial charge in [0.1, 0.15) is 0 Å². The van der Waals surface area contributed by atoms with Crippen LogP contribution in [0.4, 0.5) is 13.2 Å². The van der Waals surface area contributed by atoms with Crippen molar-refractivity contribution in [3.8, 4) is 0 Å². The molecule has 1 unspecified atom stereocenters. The highest BCUT2D eigenvalue weighted by Gasteiger charge is 2.57. The van der Waals surface area contributed by atoms with Crippen molar-refractivity contribution in [2.75, 3.05) is 6.79 Å². The van der Waals surface area contributed by atoms with Gasteiger partial charge in [0.25, 0.3) is 5.79 Å². The molecule has 0 bridgehead atoms. The molecule has 0 aromatic carbocycles. The van der Waals surface area contributed by atoms with Crippen LogP contribution in [0.1, 0.15) is 13.3 Å². The average molecular weight is 186 g/mol. The predicted octanol–water partition coefficient (Wildman–Crippen LogP) is 1.02. The molecule has 0 aromatic heterocycles. The van der Waals surface area contributed by atoms with Crippen molar-refractivity contribution in [1.82, 2.24) is 0 Å². The maximum atomic E-state index is 12.1. The zero-order valence-electron chi connectivity index (χ0n) is 6.39. The molecule has 2 atom stereocenters. The zero-order chi connectivity index (χ0) is 9.41. The zero-order valence-corrected chi connectivity index (χ0v) is 6.39. The van der Waals surface area contributed by atoms with Crippen molar-refractivity contribution in [3.63, 3.8) is 0 Å². The second-order valence-corrected chi connectivity index (χ2v) is 2.73. The number of hydrogen-bond acceptors (Lipinski definition) is 3. The van der Waals surface area contributed by atoms with E-state index in [4.69, 9.17) is 5.11 Å². The van der Waals surface area contributed by atoms with Crippen molar-refractivity contribution in [2.45, 2.75) is 31.4 Å². The summed E-state index contributed by atoms with van der Waals surface area (Å²) in [5.41, 5.74) is 0. The molecule has 12 heavy (non-hydrogen) atoms. The number of hydrogen-bond donors (Lipinski definition) is 1. The van der Waals surface area contributed by atoms with Crippen LogP contribution in [0.5, 0.6) is 0 Å². The Kier molecular flexibility index (Phi) is 2.33. The van der Waals surface area contributed by atoms with E-state index < -0.39 is 31.3 Å². The molecule has 1 fully saturated rings. The van der Waals surface area contributed by atoms with Crippen LogP contribution in [0.3, 0.4) is 0 Å². The van der Waals surface area contributed by atoms with Crippen LogP contribution in [-0.2, 0) is 9.47 Å². The molecule has 0 aromatic rings. The molecular weight excluding hydrogens is 177 g/mol. The van der Waals surface area contributed by atoms with E-state index in [1.165, 1.54) is 6.92 Å². The highest BCUT2D eigenvalue weighted by atomic mass is 19.4. The molecule has 72 valence electrons. The first kappa shape index (κ1) is 9.76. The number of halogens is 3. The van der Waals surface area contributed by atoms with Crippen LogP contribution in [0, 0.1) is 0 Å². The summed E-state index contributed by atoms with van der Waals surface area (Å²) < 4.78 is 45.0. The van der Waals surface area contributed by atoms with Crippen molar-refractivity contribution in [2.24, 2.45) is 0 Å². The molecule has 1 aliphatic heterocycles. The Balaban J connectivity index is 2.70. The van der Waals surface area contributed by atoms with E-state index in [2.05, 4.69) is 9.47 Å². The van der Waals surface area contributed by atoms with Crippen molar-refractivity contribution < 1.29 is 27.8 Å². The van der Waals surface area contributed by atoms with Crippen LogP contribution in [0.25, 0.3) is 0 Å². The highest BCUT2D eigenvalue weighted by molar-refractivity contribution is 4.80. The first-order chi connectivity index (χ1) is 5.35. The third-order valence-corrected chi connectivity index (χ3v) is 1.66. The van der Waals surface area contributed by atoms with Gasteiger partial charge >= 0.3 is 6.18 Å². The minimum absolute atomic E-state index is 0.531. The summed E-state index contributed by atoms with van der Waals surface area (Å²) in [5, 5.41) is 8.95. The molecule has 1 heterocycles. The minimum Gasteiger partial charge on any atom is -0.358 e. The lowest BCUT2D eigenvalue weighted by atomic mass is 10.1. The van der Waals surface area contributed by atoms with E-state index in [9.17, 15) is 13.2 Å². The second-order valence-electron chi connectivity index (χ2n) is 2.73. The molecule has 1 N–H and O–H groups in total. The molecule has 0 amide bonds. The van der Waals surface area contributed by atoms with E-state index in [0.29, 0.717) is 0 Å². The maximum absolute atomic E-state index is 12.1. The highest BCUT2D eigenvalue weighted by Crippen LogP contribution is 2.37. The standard InChI is InChI=1S/C6H9F3O3/c1-4-2-5(10,6(7,8)9)12-3-11-4/h4,10H,2-3H2,1H3/t4-,5?/m1/s1. The molecule has 1 rings (SSSR count). The van der Waals surface area contributed by atoms with Gasteiger partial charge in [0.15, 0.2) is 6.79 Å². The lowest BCUT2D eigenvalue weighted by Crippen LogP contribution is -2.53. The third-order valence-electron chi connectivity index (χ3n) is 1.66. The number of alkyl halides is 3. The molecule has 1 saturated heterocycles. The molecule has 6 heteroatoms. The average Bonchev–Trinajstić information content (AvgIpc) is 1.83. The predicted molar refractivity (Wildman–Crippen MR) is 32.1 cm³/mol. The smallest absolute Gasteiger partial charge is 0.358 e. The summed E-state index contributed by atoms with van der Waals surface area (Å²) in [6.07, 6.45) is -5.99. The van der Waals surface area contributed by atoms with Gasteiger partial charge in [-0.15, -0.1) is 0 Å². The van der Waals surface area contributed by atoms with E-state index >= 15 is 0 Å². The molecule has 1 aliphatic rings. The Morgan fingerprint density at radius 1 is 1.50 bits per heavy atom. The Hall–Kier alpha value is -0.330. The molecule has 0 saturated carbocycles. The van der Waals surface area contributed by atoms with Gasteiger partial charge in [0.05, 0.1) is 6.10 Å². The van der Waals surface area contributed by atoms with Gasteiger partial charge in [-0.25, -0.2) is 0 Å². The van der Waals surface area contributed by atoms with Crippen LogP contribution in [0.2, 0.25) is 0 Å². The van der Waals surface area contributed by atoms with Gasteiger partial charge in [-0.1, -0.05) is 0 Å². The SMILES string of the molecule is C[C@@H]1CC(O)(C(F)(F)F)OCO1. The number of aliphatic hydroxyl groups is 1. The van der Waals surface area contributed by atoms with Gasteiger partial charge in [0.2, 0.25) is 0 Å². The fourth-order valence-corrected chi connectivity index (χ4v) is 0.953. The summed E-state index contributed by atoms with van der Waals surface area (Å²) in [5.74, 6) is -3.04. The summed E-state index contributed by atoms with van der Waals surface area (Å²) in [4.78, 5) is 0. The fraction of sp³-hybridized carbons (Fsp3) is 1.00. The molecule has 0 radical (unpaired) electrons. The fourth-order valence-electron chi connectivity index (χ4n) is 0.953. The topological polar surface area (TPSA) is 38.7 Å². The van der Waals surface area contributed by atoms with Crippen LogP contribution in [0.15, 0.2) is 0 Å². The molecular formula is C6H9F3O3. The minimum atomic E-state index is -4.76. The van der Waals surface area contributed by atoms with Gasteiger partial charge in [-0.3, -0.25) is 0 Å². The first-order valence-electron chi connectivity index (χ1n) is 3.40. The van der Waals surface area contributed by atoms with E-state index in [-0.39, 0.29) is 0 Å². The summed E-state index contributed by atoms with van der Waals surface area (Å²) in [6.45, 7) is 0.913. The van der Waals surface area contributed by atoms with Crippen molar-refractivity contribution in [1.29, 1.82) is 0 Å². The van der Waals surface area contributed by atoms with Gasteiger partial charge < -0.3 is 14.6 Å². The van der Waals surface area contributed by atoms with E-state index in [0.717, 1.165) is 0 Å². The quantitative estimate of drug-likeness (QED) is 0.613. The van der Waals surface area contributed by atoms with Crippen LogP contribution < -0.4 is 0 Å². The van der Waals surface area contributed by atoms with Crippen molar-refractivity contribution >= 4 is 0 Å².